The van der Waals surface area contributed by atoms with Gasteiger partial charge in [-0.25, -0.2) is 0 Å². The zero-order chi connectivity index (χ0) is 14.5. The second-order valence-electron chi connectivity index (χ2n) is 5.31. The van der Waals surface area contributed by atoms with E-state index in [2.05, 4.69) is 52.7 Å². The summed E-state index contributed by atoms with van der Waals surface area (Å²) in [7, 11) is 0. The summed E-state index contributed by atoms with van der Waals surface area (Å²) in [5.41, 5.74) is 3.48. The largest absolute Gasteiger partial charge is 0.314 e. The van der Waals surface area contributed by atoms with Crippen molar-refractivity contribution in [2.45, 2.75) is 6.04 Å². The SMILES string of the molecule is N#CC(c1ccc(-c2ccccc2)cc1)N1CCNCC1. The van der Waals surface area contributed by atoms with E-state index in [0.717, 1.165) is 31.7 Å². The molecule has 106 valence electrons. The van der Waals surface area contributed by atoms with Gasteiger partial charge in [0.05, 0.1) is 6.07 Å². The van der Waals surface area contributed by atoms with Gasteiger partial charge in [-0.3, -0.25) is 4.90 Å². The number of rotatable bonds is 3. The maximum absolute atomic E-state index is 9.51. The van der Waals surface area contributed by atoms with Crippen LogP contribution in [-0.4, -0.2) is 31.1 Å². The lowest BCUT2D eigenvalue weighted by Gasteiger charge is -2.31. The molecule has 0 saturated carbocycles. The van der Waals surface area contributed by atoms with Crippen molar-refractivity contribution in [3.8, 4) is 17.2 Å². The minimum atomic E-state index is -0.142. The van der Waals surface area contributed by atoms with E-state index < -0.39 is 0 Å². The Kier molecular flexibility index (Phi) is 4.30. The number of nitriles is 1. The maximum Gasteiger partial charge on any atom is 0.123 e. The van der Waals surface area contributed by atoms with Gasteiger partial charge in [0.25, 0.3) is 0 Å². The highest BCUT2D eigenvalue weighted by molar-refractivity contribution is 5.63. The molecule has 0 spiro atoms. The molecule has 0 bridgehead atoms. The molecule has 2 aromatic carbocycles. The topological polar surface area (TPSA) is 39.1 Å². The molecule has 21 heavy (non-hydrogen) atoms. The van der Waals surface area contributed by atoms with Gasteiger partial charge in [0.2, 0.25) is 0 Å². The lowest BCUT2D eigenvalue weighted by Crippen LogP contribution is -2.44. The van der Waals surface area contributed by atoms with Crippen molar-refractivity contribution in [1.82, 2.24) is 10.2 Å². The Bertz CT molecular complexity index is 607. The van der Waals surface area contributed by atoms with Crippen molar-refractivity contribution in [1.29, 1.82) is 5.26 Å². The van der Waals surface area contributed by atoms with E-state index in [-0.39, 0.29) is 6.04 Å². The molecule has 3 nitrogen and oxygen atoms in total. The van der Waals surface area contributed by atoms with E-state index >= 15 is 0 Å². The van der Waals surface area contributed by atoms with Gasteiger partial charge in [-0.15, -0.1) is 0 Å². The number of hydrogen-bond acceptors (Lipinski definition) is 3. The molecule has 1 fully saturated rings. The van der Waals surface area contributed by atoms with Crippen molar-refractivity contribution in [3.63, 3.8) is 0 Å². The molecule has 0 radical (unpaired) electrons. The Hall–Kier alpha value is -2.15. The average molecular weight is 277 g/mol. The summed E-state index contributed by atoms with van der Waals surface area (Å²) in [6.45, 7) is 3.78. The van der Waals surface area contributed by atoms with E-state index in [1.54, 1.807) is 0 Å². The van der Waals surface area contributed by atoms with Gasteiger partial charge in [0.1, 0.15) is 6.04 Å². The zero-order valence-electron chi connectivity index (χ0n) is 12.0. The number of benzene rings is 2. The summed E-state index contributed by atoms with van der Waals surface area (Å²) < 4.78 is 0. The fraction of sp³-hybridized carbons (Fsp3) is 0.278. The van der Waals surface area contributed by atoms with Crippen LogP contribution in [0.2, 0.25) is 0 Å². The summed E-state index contributed by atoms with van der Waals surface area (Å²) in [4.78, 5) is 2.24. The van der Waals surface area contributed by atoms with E-state index in [9.17, 15) is 5.26 Å². The molecule has 0 amide bonds. The normalized spacial score (nSPS) is 17.1. The van der Waals surface area contributed by atoms with Gasteiger partial charge in [-0.05, 0) is 16.7 Å². The first kappa shape index (κ1) is 13.8. The van der Waals surface area contributed by atoms with Crippen LogP contribution >= 0.6 is 0 Å². The van der Waals surface area contributed by atoms with Crippen molar-refractivity contribution in [3.05, 3.63) is 60.2 Å². The van der Waals surface area contributed by atoms with Crippen LogP contribution in [0.3, 0.4) is 0 Å². The van der Waals surface area contributed by atoms with Gasteiger partial charge in [0, 0.05) is 26.2 Å². The van der Waals surface area contributed by atoms with E-state index in [0.29, 0.717) is 0 Å². The highest BCUT2D eigenvalue weighted by atomic mass is 15.2. The number of nitrogens with one attached hydrogen (secondary N) is 1. The third-order valence-electron chi connectivity index (χ3n) is 3.97. The third kappa shape index (κ3) is 3.13. The molecule has 1 N–H and O–H groups in total. The van der Waals surface area contributed by atoms with E-state index in [1.807, 2.05) is 18.2 Å². The van der Waals surface area contributed by atoms with Gasteiger partial charge in [0.15, 0.2) is 0 Å². The van der Waals surface area contributed by atoms with Crippen LogP contribution in [0.25, 0.3) is 11.1 Å². The van der Waals surface area contributed by atoms with Crippen LogP contribution in [-0.2, 0) is 0 Å². The second-order valence-corrected chi connectivity index (χ2v) is 5.31. The predicted octanol–water partition coefficient (Wildman–Crippen LogP) is 2.82. The van der Waals surface area contributed by atoms with Crippen LogP contribution in [0.15, 0.2) is 54.6 Å². The Morgan fingerprint density at radius 3 is 2.14 bits per heavy atom. The van der Waals surface area contributed by atoms with Crippen molar-refractivity contribution >= 4 is 0 Å². The molecule has 1 unspecified atom stereocenters. The molecule has 3 heteroatoms. The van der Waals surface area contributed by atoms with Crippen molar-refractivity contribution in [2.24, 2.45) is 0 Å². The Balaban J connectivity index is 1.81. The zero-order valence-corrected chi connectivity index (χ0v) is 12.0. The summed E-state index contributed by atoms with van der Waals surface area (Å²) in [6, 6.07) is 21.0. The fourth-order valence-corrected chi connectivity index (χ4v) is 2.80. The molecule has 2 aromatic rings. The number of piperazine rings is 1. The third-order valence-corrected chi connectivity index (χ3v) is 3.97. The summed E-state index contributed by atoms with van der Waals surface area (Å²) in [6.07, 6.45) is 0. The van der Waals surface area contributed by atoms with Gasteiger partial charge in [-0.2, -0.15) is 5.26 Å². The van der Waals surface area contributed by atoms with Gasteiger partial charge < -0.3 is 5.32 Å². The molecule has 0 aliphatic carbocycles. The first-order chi connectivity index (χ1) is 10.4. The first-order valence-corrected chi connectivity index (χ1v) is 7.38. The van der Waals surface area contributed by atoms with Crippen LogP contribution in [0.5, 0.6) is 0 Å². The second kappa shape index (κ2) is 6.53. The van der Waals surface area contributed by atoms with Crippen molar-refractivity contribution in [2.75, 3.05) is 26.2 Å². The minimum Gasteiger partial charge on any atom is -0.314 e. The molecular formula is C18H19N3. The highest BCUT2D eigenvalue weighted by Crippen LogP contribution is 2.24. The molecule has 1 saturated heterocycles. The lowest BCUT2D eigenvalue weighted by molar-refractivity contribution is 0.207. The number of hydrogen-bond donors (Lipinski definition) is 1. The highest BCUT2D eigenvalue weighted by Gasteiger charge is 2.21. The summed E-state index contributed by atoms with van der Waals surface area (Å²) in [5.74, 6) is 0. The molecule has 1 aliphatic heterocycles. The fourth-order valence-electron chi connectivity index (χ4n) is 2.80. The predicted molar refractivity (Wildman–Crippen MR) is 84.7 cm³/mol. The van der Waals surface area contributed by atoms with E-state index in [4.69, 9.17) is 0 Å². The van der Waals surface area contributed by atoms with Crippen LogP contribution in [0.1, 0.15) is 11.6 Å². The first-order valence-electron chi connectivity index (χ1n) is 7.38. The average Bonchev–Trinajstić information content (AvgIpc) is 2.58. The quantitative estimate of drug-likeness (QED) is 0.937. The van der Waals surface area contributed by atoms with Crippen LogP contribution in [0.4, 0.5) is 0 Å². The summed E-state index contributed by atoms with van der Waals surface area (Å²) in [5, 5.41) is 12.8. The standard InChI is InChI=1S/C18H19N3/c19-14-18(21-12-10-20-11-13-21)17-8-6-16(7-9-17)15-4-2-1-3-5-15/h1-9,18,20H,10-13H2. The molecular weight excluding hydrogens is 258 g/mol. The molecule has 3 rings (SSSR count). The monoisotopic (exact) mass is 277 g/mol. The Morgan fingerprint density at radius 1 is 0.905 bits per heavy atom. The summed E-state index contributed by atoms with van der Waals surface area (Å²) >= 11 is 0. The van der Waals surface area contributed by atoms with Crippen molar-refractivity contribution < 1.29 is 0 Å². The van der Waals surface area contributed by atoms with Gasteiger partial charge >= 0.3 is 0 Å². The van der Waals surface area contributed by atoms with E-state index in [1.165, 1.54) is 11.1 Å². The van der Waals surface area contributed by atoms with Crippen LogP contribution in [0, 0.1) is 11.3 Å². The lowest BCUT2D eigenvalue weighted by atomic mass is 10.0. The molecule has 0 aromatic heterocycles. The van der Waals surface area contributed by atoms with Gasteiger partial charge in [-0.1, -0.05) is 54.6 Å². The molecule has 1 aliphatic rings. The smallest absolute Gasteiger partial charge is 0.123 e. The maximum atomic E-state index is 9.51. The minimum absolute atomic E-state index is 0.142. The Labute approximate surface area is 125 Å². The molecule has 1 heterocycles. The number of nitrogens with zero attached hydrogens (tertiary/aromatic N) is 2. The molecule has 1 atom stereocenters. The van der Waals surface area contributed by atoms with Crippen LogP contribution < -0.4 is 5.32 Å². The Morgan fingerprint density at radius 2 is 1.52 bits per heavy atom.